The number of carbonyl (C=O) groups excluding carboxylic acids is 1. The highest BCUT2D eigenvalue weighted by atomic mass is 127. The first-order valence-corrected chi connectivity index (χ1v) is 6.16. The third-order valence-electron chi connectivity index (χ3n) is 1.77. The van der Waals surface area contributed by atoms with Crippen LogP contribution in [0.25, 0.3) is 0 Å². The van der Waals surface area contributed by atoms with Gasteiger partial charge in [-0.05, 0) is 46.9 Å². The topological polar surface area (TPSA) is 26.3 Å². The van der Waals surface area contributed by atoms with Crippen molar-refractivity contribution in [2.45, 2.75) is 0 Å². The van der Waals surface area contributed by atoms with Crippen LogP contribution < -0.4 is 4.74 Å². The molecule has 1 heterocycles. The molecule has 0 saturated carbocycles. The van der Waals surface area contributed by atoms with E-state index in [0.717, 1.165) is 20.7 Å². The Kier molecular flexibility index (Phi) is 3.37. The summed E-state index contributed by atoms with van der Waals surface area (Å²) in [5.74, 6) is 0.817. The Morgan fingerprint density at radius 1 is 1.20 bits per heavy atom. The molecule has 0 radical (unpaired) electrons. The van der Waals surface area contributed by atoms with Crippen molar-refractivity contribution in [3.05, 3.63) is 44.8 Å². The third-order valence-corrected chi connectivity index (χ3v) is 3.55. The fourth-order valence-electron chi connectivity index (χ4n) is 1.09. The van der Waals surface area contributed by atoms with Crippen LogP contribution in [0, 0.1) is 3.57 Å². The van der Waals surface area contributed by atoms with E-state index in [1.165, 1.54) is 11.3 Å². The highest BCUT2D eigenvalue weighted by molar-refractivity contribution is 14.1. The largest absolute Gasteiger partial charge is 0.446 e. The number of para-hydroxylation sites is 1. The van der Waals surface area contributed by atoms with Crippen LogP contribution in [0.2, 0.25) is 0 Å². The third kappa shape index (κ3) is 2.57. The maximum atomic E-state index is 10.5. The van der Waals surface area contributed by atoms with E-state index in [4.69, 9.17) is 4.74 Å². The van der Waals surface area contributed by atoms with Crippen LogP contribution in [0.4, 0.5) is 0 Å². The van der Waals surface area contributed by atoms with Crippen molar-refractivity contribution in [3.8, 4) is 10.8 Å². The van der Waals surface area contributed by atoms with E-state index in [-0.39, 0.29) is 0 Å². The van der Waals surface area contributed by atoms with Gasteiger partial charge in [0.15, 0.2) is 11.3 Å². The summed E-state index contributed by atoms with van der Waals surface area (Å²) in [7, 11) is 0. The first-order valence-electron chi connectivity index (χ1n) is 4.27. The van der Waals surface area contributed by atoms with Crippen molar-refractivity contribution in [1.29, 1.82) is 0 Å². The molecule has 15 heavy (non-hydrogen) atoms. The van der Waals surface area contributed by atoms with Gasteiger partial charge in [-0.1, -0.05) is 23.5 Å². The molecule has 76 valence electrons. The number of aldehydes is 1. The van der Waals surface area contributed by atoms with E-state index in [1.54, 1.807) is 12.1 Å². The summed E-state index contributed by atoms with van der Waals surface area (Å²) in [5.41, 5.74) is 0. The number of hydrogen-bond acceptors (Lipinski definition) is 3. The van der Waals surface area contributed by atoms with Crippen molar-refractivity contribution in [3.63, 3.8) is 0 Å². The van der Waals surface area contributed by atoms with Crippen LogP contribution in [-0.4, -0.2) is 6.29 Å². The van der Waals surface area contributed by atoms with E-state index < -0.39 is 0 Å². The molecule has 0 atom stereocenters. The van der Waals surface area contributed by atoms with E-state index in [9.17, 15) is 4.79 Å². The van der Waals surface area contributed by atoms with Crippen molar-refractivity contribution in [1.82, 2.24) is 0 Å². The zero-order valence-corrected chi connectivity index (χ0v) is 10.6. The molecule has 0 spiro atoms. The van der Waals surface area contributed by atoms with E-state index >= 15 is 0 Å². The zero-order valence-electron chi connectivity index (χ0n) is 7.64. The second kappa shape index (κ2) is 4.76. The Bertz CT molecular complexity index is 479. The fourth-order valence-corrected chi connectivity index (χ4v) is 2.27. The highest BCUT2D eigenvalue weighted by Crippen LogP contribution is 2.31. The number of carbonyl (C=O) groups is 1. The summed E-state index contributed by atoms with van der Waals surface area (Å²) in [6.45, 7) is 0. The SMILES string of the molecule is O=Cc1ccc(Oc2ccccc2I)s1. The molecule has 2 nitrogen and oxygen atoms in total. The summed E-state index contributed by atoms with van der Waals surface area (Å²) in [6.07, 6.45) is 0.827. The maximum absolute atomic E-state index is 10.5. The molecule has 2 rings (SSSR count). The van der Waals surface area contributed by atoms with Gasteiger partial charge >= 0.3 is 0 Å². The van der Waals surface area contributed by atoms with Crippen LogP contribution >= 0.6 is 33.9 Å². The number of hydrogen-bond donors (Lipinski definition) is 0. The van der Waals surface area contributed by atoms with Gasteiger partial charge in [0, 0.05) is 0 Å². The van der Waals surface area contributed by atoms with Gasteiger partial charge in [-0.15, -0.1) is 0 Å². The van der Waals surface area contributed by atoms with Crippen molar-refractivity contribution < 1.29 is 9.53 Å². The van der Waals surface area contributed by atoms with E-state index in [0.29, 0.717) is 4.88 Å². The number of benzene rings is 1. The van der Waals surface area contributed by atoms with Gasteiger partial charge in [0.2, 0.25) is 0 Å². The van der Waals surface area contributed by atoms with E-state index in [1.807, 2.05) is 24.3 Å². The monoisotopic (exact) mass is 330 g/mol. The van der Waals surface area contributed by atoms with Crippen LogP contribution in [0.15, 0.2) is 36.4 Å². The Labute approximate surface area is 105 Å². The molecule has 0 aliphatic rings. The predicted octanol–water partition coefficient (Wildman–Crippen LogP) is 3.96. The molecule has 0 fully saturated rings. The lowest BCUT2D eigenvalue weighted by molar-refractivity contribution is 0.112. The van der Waals surface area contributed by atoms with Gasteiger partial charge in [-0.3, -0.25) is 4.79 Å². The molecular weight excluding hydrogens is 323 g/mol. The molecule has 0 bridgehead atoms. The fraction of sp³-hybridized carbons (Fsp3) is 0. The maximum Gasteiger partial charge on any atom is 0.181 e. The zero-order chi connectivity index (χ0) is 10.7. The molecule has 0 unspecified atom stereocenters. The molecule has 2 aromatic rings. The molecule has 0 N–H and O–H groups in total. The predicted molar refractivity (Wildman–Crippen MR) is 68.9 cm³/mol. The second-order valence-corrected chi connectivity index (χ2v) is 5.05. The molecule has 0 aliphatic heterocycles. The van der Waals surface area contributed by atoms with Crippen LogP contribution in [0.1, 0.15) is 9.67 Å². The lowest BCUT2D eigenvalue weighted by atomic mass is 10.3. The average molecular weight is 330 g/mol. The minimum Gasteiger partial charge on any atom is -0.446 e. The number of ether oxygens (including phenoxy) is 1. The minimum absolute atomic E-state index is 0.677. The van der Waals surface area contributed by atoms with Gasteiger partial charge in [0.05, 0.1) is 8.45 Å². The highest BCUT2D eigenvalue weighted by Gasteiger charge is 2.04. The van der Waals surface area contributed by atoms with Crippen molar-refractivity contribution in [2.24, 2.45) is 0 Å². The van der Waals surface area contributed by atoms with Gasteiger partial charge in [0.25, 0.3) is 0 Å². The molecule has 1 aromatic heterocycles. The Balaban J connectivity index is 2.22. The molecule has 4 heteroatoms. The summed E-state index contributed by atoms with van der Waals surface area (Å²) < 4.78 is 6.70. The van der Waals surface area contributed by atoms with Crippen LogP contribution in [0.3, 0.4) is 0 Å². The van der Waals surface area contributed by atoms with Crippen molar-refractivity contribution in [2.75, 3.05) is 0 Å². The first-order chi connectivity index (χ1) is 7.29. The summed E-state index contributed by atoms with van der Waals surface area (Å²) in [4.78, 5) is 11.2. The second-order valence-electron chi connectivity index (χ2n) is 2.81. The van der Waals surface area contributed by atoms with Gasteiger partial charge in [0.1, 0.15) is 5.75 Å². The minimum atomic E-state index is 0.677. The normalized spacial score (nSPS) is 9.93. The standard InChI is InChI=1S/C11H7IO2S/c12-9-3-1-2-4-10(9)14-11-6-5-8(7-13)15-11/h1-7H. The molecule has 1 aromatic carbocycles. The smallest absolute Gasteiger partial charge is 0.181 e. The van der Waals surface area contributed by atoms with Crippen LogP contribution in [0.5, 0.6) is 10.8 Å². The number of halogens is 1. The molecular formula is C11H7IO2S. The van der Waals surface area contributed by atoms with Gasteiger partial charge in [-0.25, -0.2) is 0 Å². The first kappa shape index (κ1) is 10.6. The summed E-state index contributed by atoms with van der Waals surface area (Å²) >= 11 is 3.56. The van der Waals surface area contributed by atoms with Crippen LogP contribution in [-0.2, 0) is 0 Å². The lowest BCUT2D eigenvalue weighted by Gasteiger charge is -2.03. The van der Waals surface area contributed by atoms with Gasteiger partial charge < -0.3 is 4.74 Å². The quantitative estimate of drug-likeness (QED) is 0.629. The lowest BCUT2D eigenvalue weighted by Crippen LogP contribution is -1.83. The number of thiophene rings is 1. The number of rotatable bonds is 3. The molecule has 0 saturated heterocycles. The molecule has 0 amide bonds. The van der Waals surface area contributed by atoms with E-state index in [2.05, 4.69) is 22.6 Å². The Hall–Kier alpha value is -0.880. The van der Waals surface area contributed by atoms with Crippen molar-refractivity contribution >= 4 is 40.2 Å². The average Bonchev–Trinajstić information content (AvgIpc) is 2.69. The Morgan fingerprint density at radius 3 is 2.67 bits per heavy atom. The van der Waals surface area contributed by atoms with Gasteiger partial charge in [-0.2, -0.15) is 0 Å². The molecule has 0 aliphatic carbocycles. The summed E-state index contributed by atoms with van der Waals surface area (Å²) in [6, 6.07) is 11.3. The Morgan fingerprint density at radius 2 is 2.00 bits per heavy atom. The summed E-state index contributed by atoms with van der Waals surface area (Å²) in [5, 5.41) is 0.737.